The normalized spacial score (nSPS) is 19.1. The molecule has 128 valence electrons. The summed E-state index contributed by atoms with van der Waals surface area (Å²) in [5, 5.41) is 7.95. The molecule has 2 heterocycles. The number of nitrogens with zero attached hydrogens (tertiary/aromatic N) is 3. The van der Waals surface area contributed by atoms with E-state index in [4.69, 9.17) is 4.74 Å². The van der Waals surface area contributed by atoms with E-state index in [0.717, 1.165) is 30.1 Å². The third-order valence-corrected chi connectivity index (χ3v) is 4.92. The van der Waals surface area contributed by atoms with Crippen LogP contribution in [0.3, 0.4) is 0 Å². The van der Waals surface area contributed by atoms with Gasteiger partial charge in [0.15, 0.2) is 0 Å². The van der Waals surface area contributed by atoms with Gasteiger partial charge in [-0.3, -0.25) is 0 Å². The molecular formula is C20H22N4O. The summed E-state index contributed by atoms with van der Waals surface area (Å²) >= 11 is 0. The first-order chi connectivity index (χ1) is 12.3. The molecule has 1 aliphatic heterocycles. The fraction of sp³-hybridized carbons (Fsp3) is 0.300. The van der Waals surface area contributed by atoms with E-state index >= 15 is 0 Å². The quantitative estimate of drug-likeness (QED) is 0.784. The summed E-state index contributed by atoms with van der Waals surface area (Å²) < 4.78 is 7.53. The molecule has 0 fully saturated rings. The Morgan fingerprint density at radius 2 is 1.96 bits per heavy atom. The van der Waals surface area contributed by atoms with Gasteiger partial charge in [-0.25, -0.2) is 4.68 Å². The molecule has 25 heavy (non-hydrogen) atoms. The van der Waals surface area contributed by atoms with E-state index in [0.29, 0.717) is 0 Å². The zero-order valence-electron chi connectivity index (χ0n) is 14.5. The Hall–Kier alpha value is -2.82. The maximum atomic E-state index is 5.58. The molecule has 2 atom stereocenters. The average Bonchev–Trinajstić information content (AvgIpc) is 3.16. The third kappa shape index (κ3) is 2.86. The van der Waals surface area contributed by atoms with Crippen LogP contribution >= 0.6 is 0 Å². The van der Waals surface area contributed by atoms with Crippen LogP contribution in [0.25, 0.3) is 0 Å². The summed E-state index contributed by atoms with van der Waals surface area (Å²) in [6, 6.07) is 17.3. The molecule has 1 aromatic heterocycles. The Morgan fingerprint density at radius 3 is 2.72 bits per heavy atom. The summed E-state index contributed by atoms with van der Waals surface area (Å²) in [5.74, 6) is 1.68. The number of rotatable bonds is 4. The smallest absolute Gasteiger partial charge is 0.222 e. The first-order valence-electron chi connectivity index (χ1n) is 8.68. The molecule has 4 rings (SSSR count). The lowest BCUT2D eigenvalue weighted by Crippen LogP contribution is -2.28. The van der Waals surface area contributed by atoms with E-state index in [-0.39, 0.29) is 12.1 Å². The largest absolute Gasteiger partial charge is 0.496 e. The number of para-hydroxylation sites is 1. The van der Waals surface area contributed by atoms with Crippen LogP contribution in [-0.4, -0.2) is 21.9 Å². The van der Waals surface area contributed by atoms with E-state index < -0.39 is 0 Å². The lowest BCUT2D eigenvalue weighted by atomic mass is 9.92. The van der Waals surface area contributed by atoms with Crippen molar-refractivity contribution >= 4 is 5.95 Å². The Bertz CT molecular complexity index is 856. The van der Waals surface area contributed by atoms with Gasteiger partial charge in [-0.2, -0.15) is 10.1 Å². The van der Waals surface area contributed by atoms with Crippen LogP contribution in [0, 0.1) is 0 Å². The van der Waals surface area contributed by atoms with Crippen molar-refractivity contribution in [3.8, 4) is 5.75 Å². The molecule has 0 unspecified atom stereocenters. The van der Waals surface area contributed by atoms with Gasteiger partial charge in [-0.15, -0.1) is 0 Å². The van der Waals surface area contributed by atoms with Crippen LogP contribution in [0.4, 0.5) is 5.95 Å². The molecule has 1 aliphatic rings. The molecule has 5 heteroatoms. The fourth-order valence-electron chi connectivity index (χ4n) is 3.52. The molecule has 3 aromatic rings. The summed E-state index contributed by atoms with van der Waals surface area (Å²) in [5.41, 5.74) is 3.75. The Labute approximate surface area is 147 Å². The standard InChI is InChI=1S/C20H22N4O/c1-3-14-8-10-15(11-9-14)17-12-18(24-20(23-17)21-13-22-24)16-6-4-5-7-19(16)25-2/h4-11,13,17-18H,3,12H2,1-2H3,(H,21,22,23)/t17-,18-/m0/s1. The molecule has 0 amide bonds. The molecule has 0 saturated heterocycles. The lowest BCUT2D eigenvalue weighted by molar-refractivity contribution is 0.380. The number of aromatic nitrogens is 3. The first kappa shape index (κ1) is 15.7. The van der Waals surface area contributed by atoms with Gasteiger partial charge in [-0.1, -0.05) is 49.4 Å². The number of fused-ring (bicyclic) bond motifs is 1. The van der Waals surface area contributed by atoms with Crippen molar-refractivity contribution in [3.05, 3.63) is 71.5 Å². The second-order valence-corrected chi connectivity index (χ2v) is 6.31. The highest BCUT2D eigenvalue weighted by Gasteiger charge is 2.31. The highest BCUT2D eigenvalue weighted by Crippen LogP contribution is 2.40. The van der Waals surface area contributed by atoms with E-state index in [1.54, 1.807) is 13.4 Å². The van der Waals surface area contributed by atoms with Crippen LogP contribution in [0.1, 0.15) is 42.1 Å². The van der Waals surface area contributed by atoms with Gasteiger partial charge in [0, 0.05) is 5.56 Å². The van der Waals surface area contributed by atoms with Crippen LogP contribution < -0.4 is 10.1 Å². The number of methoxy groups -OCH3 is 1. The molecule has 0 bridgehead atoms. The highest BCUT2D eigenvalue weighted by atomic mass is 16.5. The predicted octanol–water partition coefficient (Wildman–Crippen LogP) is 4.00. The van der Waals surface area contributed by atoms with Gasteiger partial charge in [0.25, 0.3) is 0 Å². The van der Waals surface area contributed by atoms with Crippen LogP contribution in [0.5, 0.6) is 5.75 Å². The maximum absolute atomic E-state index is 5.58. The van der Waals surface area contributed by atoms with E-state index in [1.165, 1.54) is 11.1 Å². The number of hydrogen-bond donors (Lipinski definition) is 1. The van der Waals surface area contributed by atoms with Gasteiger partial charge in [0.05, 0.1) is 19.2 Å². The summed E-state index contributed by atoms with van der Waals surface area (Å²) in [6.07, 6.45) is 3.55. The zero-order valence-corrected chi connectivity index (χ0v) is 14.5. The van der Waals surface area contributed by atoms with E-state index in [2.05, 4.69) is 52.7 Å². The van der Waals surface area contributed by atoms with Crippen molar-refractivity contribution in [2.45, 2.75) is 31.8 Å². The van der Waals surface area contributed by atoms with Gasteiger partial charge in [-0.05, 0) is 30.0 Å². The molecule has 0 spiro atoms. The van der Waals surface area contributed by atoms with Gasteiger partial charge < -0.3 is 10.1 Å². The monoisotopic (exact) mass is 334 g/mol. The Balaban J connectivity index is 1.72. The fourth-order valence-corrected chi connectivity index (χ4v) is 3.52. The van der Waals surface area contributed by atoms with Crippen molar-refractivity contribution in [2.75, 3.05) is 12.4 Å². The average molecular weight is 334 g/mol. The van der Waals surface area contributed by atoms with Gasteiger partial charge in [0.2, 0.25) is 5.95 Å². The predicted molar refractivity (Wildman–Crippen MR) is 98.0 cm³/mol. The van der Waals surface area contributed by atoms with Crippen molar-refractivity contribution in [2.24, 2.45) is 0 Å². The minimum atomic E-state index is 0.0887. The van der Waals surface area contributed by atoms with Crippen LogP contribution in [0.15, 0.2) is 54.9 Å². The van der Waals surface area contributed by atoms with Crippen molar-refractivity contribution in [1.82, 2.24) is 14.8 Å². The SMILES string of the molecule is CCc1ccc([C@@H]2C[C@@H](c3ccccc3OC)n3ncnc3N2)cc1. The highest BCUT2D eigenvalue weighted by molar-refractivity contribution is 5.42. The number of ether oxygens (including phenoxy) is 1. The number of aryl methyl sites for hydroxylation is 1. The maximum Gasteiger partial charge on any atom is 0.222 e. The van der Waals surface area contributed by atoms with E-state index in [9.17, 15) is 0 Å². The Morgan fingerprint density at radius 1 is 1.16 bits per heavy atom. The topological polar surface area (TPSA) is 52.0 Å². The summed E-state index contributed by atoms with van der Waals surface area (Å²) in [7, 11) is 1.71. The third-order valence-electron chi connectivity index (χ3n) is 4.92. The molecule has 0 aliphatic carbocycles. The summed E-state index contributed by atoms with van der Waals surface area (Å²) in [6.45, 7) is 2.17. The number of benzene rings is 2. The second-order valence-electron chi connectivity index (χ2n) is 6.31. The Kier molecular flexibility index (Phi) is 4.14. The first-order valence-corrected chi connectivity index (χ1v) is 8.68. The van der Waals surface area contributed by atoms with Gasteiger partial charge in [0.1, 0.15) is 12.1 Å². The number of nitrogens with one attached hydrogen (secondary N) is 1. The van der Waals surface area contributed by atoms with E-state index in [1.807, 2.05) is 22.9 Å². The van der Waals surface area contributed by atoms with Gasteiger partial charge >= 0.3 is 0 Å². The molecule has 1 N–H and O–H groups in total. The zero-order chi connectivity index (χ0) is 17.2. The van der Waals surface area contributed by atoms with Crippen LogP contribution in [0.2, 0.25) is 0 Å². The van der Waals surface area contributed by atoms with Crippen molar-refractivity contribution in [3.63, 3.8) is 0 Å². The molecule has 0 radical (unpaired) electrons. The molecular weight excluding hydrogens is 312 g/mol. The number of hydrogen-bond acceptors (Lipinski definition) is 4. The minimum Gasteiger partial charge on any atom is -0.496 e. The van der Waals surface area contributed by atoms with Crippen molar-refractivity contribution in [1.29, 1.82) is 0 Å². The summed E-state index contributed by atoms with van der Waals surface area (Å²) in [4.78, 5) is 4.40. The minimum absolute atomic E-state index is 0.0887. The van der Waals surface area contributed by atoms with Crippen molar-refractivity contribution < 1.29 is 4.74 Å². The molecule has 2 aromatic carbocycles. The number of anilines is 1. The lowest BCUT2D eigenvalue weighted by Gasteiger charge is -2.32. The molecule has 5 nitrogen and oxygen atoms in total. The molecule has 0 saturated carbocycles. The van der Waals surface area contributed by atoms with Crippen LogP contribution in [-0.2, 0) is 6.42 Å². The second kappa shape index (κ2) is 6.59.